The van der Waals surface area contributed by atoms with Crippen LogP contribution in [0.5, 0.6) is 0 Å². The first-order valence-corrected chi connectivity index (χ1v) is 3.86. The summed E-state index contributed by atoms with van der Waals surface area (Å²) >= 11 is 0. The van der Waals surface area contributed by atoms with Gasteiger partial charge in [0.1, 0.15) is 6.04 Å². The van der Waals surface area contributed by atoms with Gasteiger partial charge in [0.05, 0.1) is 13.7 Å². The Morgan fingerprint density at radius 1 is 1.64 bits per heavy atom. The molecule has 2 atom stereocenters. The highest BCUT2D eigenvalue weighted by Crippen LogP contribution is 2.34. The highest BCUT2D eigenvalue weighted by molar-refractivity contribution is 5.76. The van der Waals surface area contributed by atoms with E-state index in [-0.39, 0.29) is 6.61 Å². The number of rotatable bonds is 1. The number of alkyl halides is 3. The van der Waals surface area contributed by atoms with Gasteiger partial charge in [-0.3, -0.25) is 10.1 Å². The zero-order valence-corrected chi connectivity index (χ0v) is 7.64. The average Bonchev–Trinajstić information content (AvgIpc) is 2.47. The molecule has 0 spiro atoms. The molecule has 7 heteroatoms. The molecular weight excluding hydrogens is 203 g/mol. The number of hydrogen-bond donors (Lipinski definition) is 1. The summed E-state index contributed by atoms with van der Waals surface area (Å²) in [6.45, 7) is 0.485. The fraction of sp³-hybridized carbons (Fsp3) is 0.857. The molecule has 1 heterocycles. The van der Waals surface area contributed by atoms with Crippen LogP contribution in [-0.2, 0) is 14.3 Å². The minimum absolute atomic E-state index is 0.345. The summed E-state index contributed by atoms with van der Waals surface area (Å²) in [5, 5.41) is 2.04. The van der Waals surface area contributed by atoms with E-state index in [0.29, 0.717) is 0 Å². The molecule has 0 aromatic heterocycles. The number of hydrogen-bond acceptors (Lipinski definition) is 4. The third kappa shape index (κ3) is 1.83. The lowest BCUT2D eigenvalue weighted by atomic mass is 10.2. The molecule has 1 unspecified atom stereocenters. The zero-order chi connectivity index (χ0) is 11.0. The second-order valence-corrected chi connectivity index (χ2v) is 3.06. The lowest BCUT2D eigenvalue weighted by Gasteiger charge is -2.26. The summed E-state index contributed by atoms with van der Waals surface area (Å²) in [6.07, 6.45) is -4.56. The number of nitrogens with one attached hydrogen (secondary N) is 1. The molecule has 1 aliphatic rings. The maximum Gasteiger partial charge on any atom is 0.430 e. The largest absolute Gasteiger partial charge is 0.468 e. The van der Waals surface area contributed by atoms with Gasteiger partial charge in [0.2, 0.25) is 5.72 Å². The van der Waals surface area contributed by atoms with Crippen LogP contribution in [0.4, 0.5) is 13.2 Å². The fourth-order valence-corrected chi connectivity index (χ4v) is 1.10. The molecule has 1 N–H and O–H groups in total. The van der Waals surface area contributed by atoms with Gasteiger partial charge in [0.25, 0.3) is 0 Å². The monoisotopic (exact) mass is 213 g/mol. The van der Waals surface area contributed by atoms with E-state index in [4.69, 9.17) is 0 Å². The molecule has 1 fully saturated rings. The van der Waals surface area contributed by atoms with E-state index in [0.717, 1.165) is 14.0 Å². The molecule has 0 bridgehead atoms. The van der Waals surface area contributed by atoms with Gasteiger partial charge in [-0.1, -0.05) is 0 Å². The molecule has 1 rings (SSSR count). The van der Waals surface area contributed by atoms with Crippen LogP contribution in [0, 0.1) is 0 Å². The van der Waals surface area contributed by atoms with Crippen molar-refractivity contribution in [1.82, 2.24) is 5.32 Å². The van der Waals surface area contributed by atoms with Crippen LogP contribution in [0.25, 0.3) is 0 Å². The van der Waals surface area contributed by atoms with Crippen molar-refractivity contribution in [2.75, 3.05) is 13.7 Å². The Labute approximate surface area is 78.4 Å². The van der Waals surface area contributed by atoms with Crippen LogP contribution < -0.4 is 5.32 Å². The predicted molar refractivity (Wildman–Crippen MR) is 39.4 cm³/mol. The van der Waals surface area contributed by atoms with Crippen molar-refractivity contribution in [2.45, 2.75) is 24.9 Å². The fourth-order valence-electron chi connectivity index (χ4n) is 1.10. The first kappa shape index (κ1) is 11.3. The highest BCUT2D eigenvalue weighted by Gasteiger charge is 2.57. The standard InChI is InChI=1S/C7H10F3NO3/c1-6(7(8,9)10)11-4(3-14-6)5(12)13-2/h4,11H,3H2,1-2H3/t4-,6?/m0/s1. The van der Waals surface area contributed by atoms with Crippen LogP contribution in [0.2, 0.25) is 0 Å². The van der Waals surface area contributed by atoms with Gasteiger partial charge in [-0.15, -0.1) is 0 Å². The van der Waals surface area contributed by atoms with Crippen LogP contribution in [-0.4, -0.2) is 37.6 Å². The second kappa shape index (κ2) is 3.39. The summed E-state index contributed by atoms with van der Waals surface area (Å²) in [5.41, 5.74) is -2.47. The molecule has 0 saturated carbocycles. The third-order valence-corrected chi connectivity index (χ3v) is 2.01. The molecule has 0 aromatic rings. The molecular formula is C7H10F3NO3. The number of carbonyl (C=O) groups excluding carboxylic acids is 1. The van der Waals surface area contributed by atoms with Crippen molar-refractivity contribution in [3.63, 3.8) is 0 Å². The van der Waals surface area contributed by atoms with Gasteiger partial charge >= 0.3 is 12.1 Å². The quantitative estimate of drug-likeness (QED) is 0.641. The molecule has 1 saturated heterocycles. The van der Waals surface area contributed by atoms with E-state index in [1.54, 1.807) is 0 Å². The van der Waals surface area contributed by atoms with Gasteiger partial charge < -0.3 is 9.47 Å². The number of halogens is 3. The molecule has 82 valence electrons. The van der Waals surface area contributed by atoms with Crippen molar-refractivity contribution in [3.05, 3.63) is 0 Å². The maximum atomic E-state index is 12.3. The summed E-state index contributed by atoms with van der Waals surface area (Å²) < 4.78 is 45.8. The van der Waals surface area contributed by atoms with Crippen LogP contribution in [0.15, 0.2) is 0 Å². The molecule has 0 aliphatic carbocycles. The van der Waals surface area contributed by atoms with E-state index in [1.807, 2.05) is 5.32 Å². The Balaban J connectivity index is 2.69. The van der Waals surface area contributed by atoms with Crippen LogP contribution >= 0.6 is 0 Å². The van der Waals surface area contributed by atoms with E-state index in [9.17, 15) is 18.0 Å². The lowest BCUT2D eigenvalue weighted by Crippen LogP contribution is -2.54. The Morgan fingerprint density at radius 3 is 2.57 bits per heavy atom. The van der Waals surface area contributed by atoms with Gasteiger partial charge in [-0.05, 0) is 6.92 Å². The zero-order valence-electron chi connectivity index (χ0n) is 7.64. The second-order valence-electron chi connectivity index (χ2n) is 3.06. The van der Waals surface area contributed by atoms with Crippen molar-refractivity contribution in [3.8, 4) is 0 Å². The van der Waals surface area contributed by atoms with Gasteiger partial charge in [-0.2, -0.15) is 13.2 Å². The van der Waals surface area contributed by atoms with E-state index in [1.165, 1.54) is 0 Å². The van der Waals surface area contributed by atoms with Crippen molar-refractivity contribution < 1.29 is 27.4 Å². The third-order valence-electron chi connectivity index (χ3n) is 2.01. The normalized spacial score (nSPS) is 33.1. The molecule has 0 amide bonds. The smallest absolute Gasteiger partial charge is 0.430 e. The van der Waals surface area contributed by atoms with Crippen molar-refractivity contribution in [2.24, 2.45) is 0 Å². The number of esters is 1. The first-order valence-electron chi connectivity index (χ1n) is 3.86. The maximum absolute atomic E-state index is 12.3. The number of methoxy groups -OCH3 is 1. The van der Waals surface area contributed by atoms with Crippen molar-refractivity contribution >= 4 is 5.97 Å². The van der Waals surface area contributed by atoms with E-state index < -0.39 is 23.9 Å². The Hall–Kier alpha value is -0.820. The summed E-state index contributed by atoms with van der Waals surface area (Å²) in [6, 6.07) is -1.06. The Bertz CT molecular complexity index is 243. The number of ether oxygens (including phenoxy) is 2. The SMILES string of the molecule is COC(=O)[C@@H]1COC(C)(C(F)(F)F)N1. The summed E-state index contributed by atoms with van der Waals surface area (Å²) in [5.74, 6) is -0.766. The topological polar surface area (TPSA) is 47.6 Å². The molecule has 0 radical (unpaired) electrons. The van der Waals surface area contributed by atoms with Gasteiger partial charge in [0.15, 0.2) is 0 Å². The predicted octanol–water partition coefficient (Wildman–Crippen LogP) is 0.426. The molecule has 0 aromatic carbocycles. The minimum atomic E-state index is -4.56. The summed E-state index contributed by atoms with van der Waals surface area (Å²) in [7, 11) is 1.10. The highest BCUT2D eigenvalue weighted by atomic mass is 19.4. The Morgan fingerprint density at radius 2 is 2.21 bits per heavy atom. The van der Waals surface area contributed by atoms with Crippen molar-refractivity contribution in [1.29, 1.82) is 0 Å². The Kier molecular flexibility index (Phi) is 2.73. The van der Waals surface area contributed by atoms with E-state index in [2.05, 4.69) is 9.47 Å². The molecule has 14 heavy (non-hydrogen) atoms. The molecule has 1 aliphatic heterocycles. The average molecular weight is 213 g/mol. The van der Waals surface area contributed by atoms with E-state index >= 15 is 0 Å². The van der Waals surface area contributed by atoms with Gasteiger partial charge in [0, 0.05) is 0 Å². The number of carbonyl (C=O) groups is 1. The van der Waals surface area contributed by atoms with Gasteiger partial charge in [-0.25, -0.2) is 0 Å². The summed E-state index contributed by atoms with van der Waals surface area (Å²) in [4.78, 5) is 10.9. The molecule has 4 nitrogen and oxygen atoms in total. The minimum Gasteiger partial charge on any atom is -0.468 e. The lowest BCUT2D eigenvalue weighted by molar-refractivity contribution is -0.263. The first-order chi connectivity index (χ1) is 6.30. The van der Waals surface area contributed by atoms with Crippen LogP contribution in [0.1, 0.15) is 6.92 Å². The van der Waals surface area contributed by atoms with Crippen LogP contribution in [0.3, 0.4) is 0 Å².